The first-order chi connectivity index (χ1) is 10.9. The van der Waals surface area contributed by atoms with Gasteiger partial charge in [0.25, 0.3) is 0 Å². The molecule has 0 radical (unpaired) electrons. The third kappa shape index (κ3) is 4.10. The van der Waals surface area contributed by atoms with Crippen molar-refractivity contribution in [3.63, 3.8) is 0 Å². The number of hydrogen-bond donors (Lipinski definition) is 0. The van der Waals surface area contributed by atoms with Crippen LogP contribution in [0.4, 0.5) is 0 Å². The Balaban J connectivity index is 0.00000156. The van der Waals surface area contributed by atoms with Gasteiger partial charge in [-0.3, -0.25) is 0 Å². The van der Waals surface area contributed by atoms with Gasteiger partial charge in [-0.05, 0) is 0 Å². The molecule has 0 saturated heterocycles. The van der Waals surface area contributed by atoms with E-state index in [0.29, 0.717) is 9.04 Å². The maximum Gasteiger partial charge on any atom is -1.00 e. The SMILES string of the molecule is CCCC[C]1([Zr+2])C=CC(C)=C1C1C(C)=Cc2c(C)cc(C)cc21.[Cl-].[Cl-]. The Morgan fingerprint density at radius 2 is 1.76 bits per heavy atom. The van der Waals surface area contributed by atoms with Crippen LogP contribution >= 0.6 is 0 Å². The molecule has 0 amide bonds. The molecule has 2 atom stereocenters. The van der Waals surface area contributed by atoms with Gasteiger partial charge in [0.2, 0.25) is 0 Å². The molecule has 2 aliphatic rings. The van der Waals surface area contributed by atoms with Gasteiger partial charge in [0, 0.05) is 0 Å². The monoisotopic (exact) mass is 451 g/mol. The molecule has 0 fully saturated rings. The second-order valence-corrected chi connectivity index (χ2v) is 9.60. The van der Waals surface area contributed by atoms with Gasteiger partial charge in [-0.1, -0.05) is 0 Å². The van der Waals surface area contributed by atoms with Crippen molar-refractivity contribution in [2.75, 3.05) is 0 Å². The van der Waals surface area contributed by atoms with E-state index in [1.54, 1.807) is 35.9 Å². The van der Waals surface area contributed by atoms with Crippen LogP contribution in [0, 0.1) is 13.8 Å². The molecule has 3 rings (SSSR count). The Bertz CT molecular complexity index is 743. The van der Waals surface area contributed by atoms with E-state index in [-0.39, 0.29) is 24.8 Å². The third-order valence-electron chi connectivity index (χ3n) is 5.44. The summed E-state index contributed by atoms with van der Waals surface area (Å²) in [5.74, 6) is 0.495. The normalized spacial score (nSPS) is 24.0. The van der Waals surface area contributed by atoms with Gasteiger partial charge in [-0.25, -0.2) is 0 Å². The number of allylic oxidation sites excluding steroid dienone is 5. The average Bonchev–Trinajstić information content (AvgIpc) is 2.95. The summed E-state index contributed by atoms with van der Waals surface area (Å²) >= 11 is 1.64. The predicted molar refractivity (Wildman–Crippen MR) is 96.4 cm³/mol. The Kier molecular flexibility index (Phi) is 8.01. The van der Waals surface area contributed by atoms with Crippen molar-refractivity contribution in [1.82, 2.24) is 0 Å². The summed E-state index contributed by atoms with van der Waals surface area (Å²) in [6.45, 7) is 11.4. The summed E-state index contributed by atoms with van der Waals surface area (Å²) < 4.78 is 0.311. The fourth-order valence-electron chi connectivity index (χ4n) is 4.34. The topological polar surface area (TPSA) is 0 Å². The van der Waals surface area contributed by atoms with Gasteiger partial charge < -0.3 is 24.8 Å². The van der Waals surface area contributed by atoms with Crippen molar-refractivity contribution in [2.24, 2.45) is 0 Å². The van der Waals surface area contributed by atoms with E-state index in [2.05, 4.69) is 65.0 Å². The standard InChI is InChI=1S/C22H27.2ClH.Zr/c1-6-7-8-18-10-9-15(3)21(18)22-17(5)13-19-16(4)11-14(2)12-20(19)22;;;/h9-13,22H,6-8H2,1-5H3;2*1H;/q;;;+2/p-2. The molecule has 25 heavy (non-hydrogen) atoms. The molecule has 0 N–H and O–H groups in total. The number of unbranched alkanes of at least 4 members (excludes halogenated alkanes) is 1. The van der Waals surface area contributed by atoms with Crippen molar-refractivity contribution in [1.29, 1.82) is 0 Å². The van der Waals surface area contributed by atoms with Crippen LogP contribution in [0.3, 0.4) is 0 Å². The molecule has 0 aromatic heterocycles. The molecular formula is C22H27Cl2Zr. The van der Waals surface area contributed by atoms with Crippen LogP contribution in [0.1, 0.15) is 68.2 Å². The van der Waals surface area contributed by atoms with Gasteiger partial charge in [0.05, 0.1) is 0 Å². The minimum Gasteiger partial charge on any atom is -1.00 e. The quantitative estimate of drug-likeness (QED) is 0.626. The first kappa shape index (κ1) is 22.9. The molecule has 133 valence electrons. The van der Waals surface area contributed by atoms with Gasteiger partial charge >= 0.3 is 157 Å². The van der Waals surface area contributed by atoms with Crippen molar-refractivity contribution >= 4 is 6.08 Å². The average molecular weight is 454 g/mol. The van der Waals surface area contributed by atoms with Gasteiger partial charge in [0.1, 0.15) is 0 Å². The van der Waals surface area contributed by atoms with E-state index < -0.39 is 0 Å². The minimum atomic E-state index is 0. The van der Waals surface area contributed by atoms with Crippen molar-refractivity contribution < 1.29 is 49.5 Å². The Hall–Kier alpha value is -0.0969. The zero-order valence-electron chi connectivity index (χ0n) is 15.8. The van der Waals surface area contributed by atoms with Crippen LogP contribution in [0.15, 0.2) is 41.0 Å². The first-order valence-corrected chi connectivity index (χ1v) is 10.0. The molecule has 0 nitrogen and oxygen atoms in total. The molecule has 0 bridgehead atoms. The summed E-state index contributed by atoms with van der Waals surface area (Å²) in [5, 5.41) is 0. The summed E-state index contributed by atoms with van der Waals surface area (Å²) in [7, 11) is 0. The molecule has 0 spiro atoms. The van der Waals surface area contributed by atoms with E-state index in [4.69, 9.17) is 0 Å². The Labute approximate surface area is 180 Å². The molecule has 1 aromatic rings. The number of hydrogen-bond acceptors (Lipinski definition) is 0. The summed E-state index contributed by atoms with van der Waals surface area (Å²) in [6, 6.07) is 4.75. The van der Waals surface area contributed by atoms with Crippen molar-refractivity contribution in [3.8, 4) is 0 Å². The van der Waals surface area contributed by atoms with Crippen LogP contribution < -0.4 is 24.8 Å². The second kappa shape index (κ2) is 8.73. The smallest absolute Gasteiger partial charge is 1.00 e. The summed E-state index contributed by atoms with van der Waals surface area (Å²) in [6.07, 6.45) is 11.2. The van der Waals surface area contributed by atoms with Crippen LogP contribution in [-0.2, 0) is 24.7 Å². The number of benzene rings is 1. The number of halogens is 2. The molecular weight excluding hydrogens is 426 g/mol. The van der Waals surface area contributed by atoms with E-state index >= 15 is 0 Å². The fraction of sp³-hybridized carbons (Fsp3) is 0.455. The van der Waals surface area contributed by atoms with Crippen LogP contribution in [0.2, 0.25) is 3.12 Å². The van der Waals surface area contributed by atoms with Crippen LogP contribution in [0.5, 0.6) is 0 Å². The van der Waals surface area contributed by atoms with E-state index in [9.17, 15) is 0 Å². The Morgan fingerprint density at radius 1 is 1.08 bits per heavy atom. The third-order valence-corrected chi connectivity index (χ3v) is 7.12. The first-order valence-electron chi connectivity index (χ1n) is 8.82. The number of fused-ring (bicyclic) bond motifs is 1. The maximum absolute atomic E-state index is 2.50. The summed E-state index contributed by atoms with van der Waals surface area (Å²) in [5.41, 5.74) is 10.5. The minimum absolute atomic E-state index is 0. The largest absolute Gasteiger partial charge is 1.00 e. The van der Waals surface area contributed by atoms with E-state index in [1.165, 1.54) is 47.1 Å². The number of rotatable bonds is 4. The predicted octanol–water partition coefficient (Wildman–Crippen LogP) is 0.594. The van der Waals surface area contributed by atoms with Crippen LogP contribution in [-0.4, -0.2) is 0 Å². The fourth-order valence-corrected chi connectivity index (χ4v) is 5.82. The van der Waals surface area contributed by atoms with Gasteiger partial charge in [0.15, 0.2) is 0 Å². The molecule has 1 aromatic carbocycles. The van der Waals surface area contributed by atoms with Gasteiger partial charge in [-0.15, -0.1) is 0 Å². The number of aryl methyl sites for hydroxylation is 2. The van der Waals surface area contributed by atoms with Crippen molar-refractivity contribution in [2.45, 2.75) is 62.9 Å². The molecule has 3 heteroatoms. The summed E-state index contributed by atoms with van der Waals surface area (Å²) in [4.78, 5) is 0. The molecule has 0 heterocycles. The maximum atomic E-state index is 2.50. The molecule has 2 aliphatic carbocycles. The molecule has 2 unspecified atom stereocenters. The molecule has 0 saturated carbocycles. The zero-order chi connectivity index (χ0) is 16.8. The van der Waals surface area contributed by atoms with E-state index in [1.807, 2.05) is 0 Å². The van der Waals surface area contributed by atoms with Crippen LogP contribution in [0.25, 0.3) is 6.08 Å². The van der Waals surface area contributed by atoms with Gasteiger partial charge in [-0.2, -0.15) is 0 Å². The second-order valence-electron chi connectivity index (χ2n) is 7.41. The Morgan fingerprint density at radius 3 is 2.40 bits per heavy atom. The zero-order valence-corrected chi connectivity index (χ0v) is 19.8. The molecule has 0 aliphatic heterocycles. The van der Waals surface area contributed by atoms with E-state index in [0.717, 1.165) is 0 Å². The van der Waals surface area contributed by atoms with Crippen molar-refractivity contribution in [3.05, 3.63) is 63.3 Å².